The van der Waals surface area contributed by atoms with Gasteiger partial charge in [0.1, 0.15) is 6.04 Å². The average Bonchev–Trinajstić information content (AvgIpc) is 2.94. The van der Waals surface area contributed by atoms with Crippen molar-refractivity contribution in [3.05, 3.63) is 11.7 Å². The summed E-state index contributed by atoms with van der Waals surface area (Å²) in [6.07, 6.45) is 0.498. The third-order valence-electron chi connectivity index (χ3n) is 3.74. The smallest absolute Gasteiger partial charge is 0.318 e. The Morgan fingerprint density at radius 2 is 2.18 bits per heavy atom. The van der Waals surface area contributed by atoms with E-state index in [2.05, 4.69) is 15.5 Å². The molecule has 0 aliphatic carbocycles. The molecule has 2 heterocycles. The molecule has 0 spiro atoms. The molecule has 0 bridgehead atoms. The third-order valence-corrected chi connectivity index (χ3v) is 3.74. The fourth-order valence-electron chi connectivity index (χ4n) is 2.28. The fraction of sp³-hybridized carbons (Fsp3) is 0.714. The van der Waals surface area contributed by atoms with E-state index < -0.39 is 6.04 Å². The maximum atomic E-state index is 12.1. The number of likely N-dealkylation sites (N-methyl/N-ethyl adjacent to an activating group) is 1. The zero-order chi connectivity index (χ0) is 16.3. The topological polar surface area (TPSA) is 91.6 Å². The molecular weight excluding hydrogens is 286 g/mol. The van der Waals surface area contributed by atoms with Crippen LogP contribution in [-0.4, -0.2) is 64.6 Å². The molecule has 0 aromatic carbocycles. The van der Waals surface area contributed by atoms with E-state index in [1.54, 1.807) is 23.8 Å². The van der Waals surface area contributed by atoms with Crippen LogP contribution in [0.25, 0.3) is 0 Å². The Bertz CT molecular complexity index is 542. The number of amides is 3. The molecule has 1 aliphatic heterocycles. The largest absolute Gasteiger partial charge is 0.342 e. The van der Waals surface area contributed by atoms with Crippen LogP contribution in [0, 0.1) is 0 Å². The van der Waals surface area contributed by atoms with Crippen LogP contribution in [0.2, 0.25) is 0 Å². The van der Waals surface area contributed by atoms with Crippen LogP contribution in [0.15, 0.2) is 4.52 Å². The van der Waals surface area contributed by atoms with Gasteiger partial charge in [0.15, 0.2) is 5.82 Å². The molecule has 1 saturated heterocycles. The Labute approximate surface area is 129 Å². The van der Waals surface area contributed by atoms with Crippen LogP contribution in [0.4, 0.5) is 4.79 Å². The van der Waals surface area contributed by atoms with Crippen molar-refractivity contribution >= 4 is 11.9 Å². The van der Waals surface area contributed by atoms with E-state index in [0.717, 1.165) is 0 Å². The quantitative estimate of drug-likeness (QED) is 0.879. The molecule has 1 unspecified atom stereocenters. The SMILES string of the molecule is CC(C)c1nc(CCNC(=O)N2CCN(C)C(=O)C2C)no1. The Morgan fingerprint density at radius 3 is 2.82 bits per heavy atom. The second-order valence-corrected chi connectivity index (χ2v) is 5.81. The van der Waals surface area contributed by atoms with Crippen molar-refractivity contribution in [2.45, 2.75) is 39.2 Å². The molecule has 0 saturated carbocycles. The van der Waals surface area contributed by atoms with Gasteiger partial charge >= 0.3 is 6.03 Å². The summed E-state index contributed by atoms with van der Waals surface area (Å²) in [6.45, 7) is 7.19. The lowest BCUT2D eigenvalue weighted by Gasteiger charge is -2.37. The fourth-order valence-corrected chi connectivity index (χ4v) is 2.28. The van der Waals surface area contributed by atoms with Crippen molar-refractivity contribution in [1.29, 1.82) is 0 Å². The van der Waals surface area contributed by atoms with Gasteiger partial charge in [0.05, 0.1) is 0 Å². The Balaban J connectivity index is 1.81. The predicted octanol–water partition coefficient (Wildman–Crippen LogP) is 0.608. The van der Waals surface area contributed by atoms with Crippen LogP contribution in [0.3, 0.4) is 0 Å². The van der Waals surface area contributed by atoms with Crippen LogP contribution in [0.1, 0.15) is 38.4 Å². The van der Waals surface area contributed by atoms with Crippen LogP contribution in [-0.2, 0) is 11.2 Å². The van der Waals surface area contributed by atoms with E-state index in [9.17, 15) is 9.59 Å². The molecule has 8 heteroatoms. The molecule has 1 N–H and O–H groups in total. The first kappa shape index (κ1) is 16.3. The summed E-state index contributed by atoms with van der Waals surface area (Å²) in [7, 11) is 1.75. The number of piperazine rings is 1. The standard InChI is InChI=1S/C14H23N5O3/c1-9(2)12-16-11(17-22-12)5-6-15-14(21)19-8-7-18(4)13(20)10(19)3/h9-10H,5-8H2,1-4H3,(H,15,21). The van der Waals surface area contributed by atoms with Gasteiger partial charge in [0.2, 0.25) is 11.8 Å². The highest BCUT2D eigenvalue weighted by molar-refractivity contribution is 5.87. The van der Waals surface area contributed by atoms with Gasteiger partial charge in [-0.1, -0.05) is 19.0 Å². The van der Waals surface area contributed by atoms with Crippen LogP contribution >= 0.6 is 0 Å². The van der Waals surface area contributed by atoms with Gasteiger partial charge in [-0.25, -0.2) is 4.79 Å². The summed E-state index contributed by atoms with van der Waals surface area (Å²) in [5.41, 5.74) is 0. The van der Waals surface area contributed by atoms with Gasteiger partial charge in [0, 0.05) is 39.0 Å². The van der Waals surface area contributed by atoms with Crippen molar-refractivity contribution in [2.24, 2.45) is 0 Å². The molecule has 1 fully saturated rings. The minimum absolute atomic E-state index is 0.0406. The lowest BCUT2D eigenvalue weighted by atomic mass is 10.2. The highest BCUT2D eigenvalue weighted by Crippen LogP contribution is 2.11. The molecule has 1 aromatic rings. The predicted molar refractivity (Wildman–Crippen MR) is 79.3 cm³/mol. The lowest BCUT2D eigenvalue weighted by molar-refractivity contribution is -0.137. The lowest BCUT2D eigenvalue weighted by Crippen LogP contribution is -2.58. The second kappa shape index (κ2) is 6.76. The zero-order valence-corrected chi connectivity index (χ0v) is 13.5. The normalized spacial score (nSPS) is 19.0. The number of urea groups is 1. The number of hydrogen-bond acceptors (Lipinski definition) is 5. The molecule has 22 heavy (non-hydrogen) atoms. The van der Waals surface area contributed by atoms with E-state index in [1.165, 1.54) is 0 Å². The van der Waals surface area contributed by atoms with Gasteiger partial charge < -0.3 is 19.6 Å². The van der Waals surface area contributed by atoms with Gasteiger partial charge in [-0.2, -0.15) is 4.98 Å². The summed E-state index contributed by atoms with van der Waals surface area (Å²) in [5, 5.41) is 6.67. The summed E-state index contributed by atoms with van der Waals surface area (Å²) in [5.74, 6) is 1.32. The Hall–Kier alpha value is -2.12. The van der Waals surface area contributed by atoms with Crippen molar-refractivity contribution in [3.8, 4) is 0 Å². The average molecular weight is 309 g/mol. The van der Waals surface area contributed by atoms with Crippen LogP contribution in [0.5, 0.6) is 0 Å². The summed E-state index contributed by atoms with van der Waals surface area (Å²) < 4.78 is 5.11. The van der Waals surface area contributed by atoms with Gasteiger partial charge in [-0.05, 0) is 6.92 Å². The molecule has 1 atom stereocenters. The number of hydrogen-bond donors (Lipinski definition) is 1. The van der Waals surface area contributed by atoms with Crippen molar-refractivity contribution < 1.29 is 14.1 Å². The number of rotatable bonds is 4. The van der Waals surface area contributed by atoms with Gasteiger partial charge in [-0.3, -0.25) is 4.79 Å². The molecule has 0 radical (unpaired) electrons. The number of nitrogens with one attached hydrogen (secondary N) is 1. The first-order chi connectivity index (χ1) is 10.4. The second-order valence-electron chi connectivity index (χ2n) is 5.81. The highest BCUT2D eigenvalue weighted by atomic mass is 16.5. The molecule has 8 nitrogen and oxygen atoms in total. The summed E-state index contributed by atoms with van der Waals surface area (Å²) in [4.78, 5) is 31.5. The van der Waals surface area contributed by atoms with Crippen LogP contribution < -0.4 is 5.32 Å². The van der Waals surface area contributed by atoms with Crippen molar-refractivity contribution in [3.63, 3.8) is 0 Å². The maximum Gasteiger partial charge on any atom is 0.318 e. The Morgan fingerprint density at radius 1 is 1.45 bits per heavy atom. The molecule has 122 valence electrons. The molecular formula is C14H23N5O3. The highest BCUT2D eigenvalue weighted by Gasteiger charge is 2.32. The van der Waals surface area contributed by atoms with E-state index in [0.29, 0.717) is 37.8 Å². The Kier molecular flexibility index (Phi) is 4.99. The number of nitrogens with zero attached hydrogens (tertiary/aromatic N) is 4. The molecule has 1 aromatic heterocycles. The molecule has 1 aliphatic rings. The van der Waals surface area contributed by atoms with Crippen molar-refractivity contribution in [2.75, 3.05) is 26.7 Å². The van der Waals surface area contributed by atoms with Gasteiger partial charge in [0.25, 0.3) is 0 Å². The summed E-state index contributed by atoms with van der Waals surface area (Å²) in [6, 6.07) is -0.669. The van der Waals surface area contributed by atoms with E-state index in [4.69, 9.17) is 4.52 Å². The van der Waals surface area contributed by atoms with E-state index in [-0.39, 0.29) is 17.9 Å². The van der Waals surface area contributed by atoms with Crippen molar-refractivity contribution in [1.82, 2.24) is 25.3 Å². The molecule has 3 amide bonds. The maximum absolute atomic E-state index is 12.1. The number of aromatic nitrogens is 2. The molecule has 2 rings (SSSR count). The van der Waals surface area contributed by atoms with Gasteiger partial charge in [-0.15, -0.1) is 0 Å². The number of carbonyl (C=O) groups excluding carboxylic acids is 2. The minimum Gasteiger partial charge on any atom is -0.342 e. The van der Waals surface area contributed by atoms with E-state index in [1.807, 2.05) is 13.8 Å². The summed E-state index contributed by atoms with van der Waals surface area (Å²) >= 11 is 0. The number of carbonyl (C=O) groups is 2. The zero-order valence-electron chi connectivity index (χ0n) is 13.5. The first-order valence-corrected chi connectivity index (χ1v) is 7.52. The van der Waals surface area contributed by atoms with E-state index >= 15 is 0 Å². The third kappa shape index (κ3) is 3.55. The first-order valence-electron chi connectivity index (χ1n) is 7.52. The minimum atomic E-state index is -0.434. The monoisotopic (exact) mass is 309 g/mol.